The molecule has 0 N–H and O–H groups in total. The topological polar surface area (TPSA) is 77.8 Å². The number of nitrogens with zero attached hydrogens (tertiary/aromatic N) is 4. The van der Waals surface area contributed by atoms with Gasteiger partial charge in [-0.3, -0.25) is 0 Å². The van der Waals surface area contributed by atoms with Gasteiger partial charge in [-0.2, -0.15) is 0 Å². The fraction of sp³-hybridized carbons (Fsp3) is 0.0476. The SMILES string of the molecule is C1=CC2=C(CC1)c1cccc3cc(-c4nc(-c5cccc6oc7ccccc7c56)nc(-c5ccnc6oc7ccccc7c56)n4)cc2c13. The van der Waals surface area contributed by atoms with Crippen molar-refractivity contribution < 1.29 is 8.83 Å². The highest BCUT2D eigenvalue weighted by atomic mass is 16.3. The highest BCUT2D eigenvalue weighted by molar-refractivity contribution is 6.17. The van der Waals surface area contributed by atoms with Gasteiger partial charge in [0.2, 0.25) is 5.71 Å². The van der Waals surface area contributed by atoms with Crippen LogP contribution in [0.1, 0.15) is 24.0 Å². The Kier molecular flexibility index (Phi) is 5.13. The van der Waals surface area contributed by atoms with Crippen molar-refractivity contribution in [2.75, 3.05) is 0 Å². The van der Waals surface area contributed by atoms with E-state index in [0.717, 1.165) is 67.8 Å². The lowest BCUT2D eigenvalue weighted by atomic mass is 9.95. The molecule has 6 nitrogen and oxygen atoms in total. The predicted molar refractivity (Wildman–Crippen MR) is 191 cm³/mol. The monoisotopic (exact) mass is 616 g/mol. The van der Waals surface area contributed by atoms with Crippen LogP contribution in [0.25, 0.3) is 100 Å². The predicted octanol–water partition coefficient (Wildman–Crippen LogP) is 10.8. The molecule has 9 aromatic rings. The molecule has 0 bridgehead atoms. The summed E-state index contributed by atoms with van der Waals surface area (Å²) < 4.78 is 12.4. The molecule has 5 aromatic carbocycles. The smallest absolute Gasteiger partial charge is 0.228 e. The molecule has 0 saturated carbocycles. The van der Waals surface area contributed by atoms with Crippen LogP contribution in [0.2, 0.25) is 0 Å². The highest BCUT2D eigenvalue weighted by Crippen LogP contribution is 2.48. The van der Waals surface area contributed by atoms with Gasteiger partial charge in [-0.15, -0.1) is 0 Å². The lowest BCUT2D eigenvalue weighted by Crippen LogP contribution is -2.01. The van der Waals surface area contributed by atoms with Gasteiger partial charge in [-0.1, -0.05) is 78.9 Å². The number of pyridine rings is 1. The Hall–Kier alpha value is -6.40. The molecule has 48 heavy (non-hydrogen) atoms. The Balaban J connectivity index is 1.22. The zero-order chi connectivity index (χ0) is 31.3. The average molecular weight is 617 g/mol. The van der Waals surface area contributed by atoms with Crippen LogP contribution in [0.15, 0.2) is 130 Å². The maximum absolute atomic E-state index is 6.27. The number of aromatic nitrogens is 4. The van der Waals surface area contributed by atoms with E-state index in [1.165, 1.54) is 33.0 Å². The van der Waals surface area contributed by atoms with E-state index in [2.05, 4.69) is 65.7 Å². The molecule has 0 amide bonds. The van der Waals surface area contributed by atoms with Gasteiger partial charge in [0.25, 0.3) is 0 Å². The molecule has 2 aliphatic rings. The number of furan rings is 2. The maximum Gasteiger partial charge on any atom is 0.228 e. The molecule has 0 atom stereocenters. The number of allylic oxidation sites excluding steroid dienone is 4. The second-order valence-corrected chi connectivity index (χ2v) is 12.5. The zero-order valence-corrected chi connectivity index (χ0v) is 25.6. The van der Waals surface area contributed by atoms with Crippen LogP contribution in [0, 0.1) is 0 Å². The molecule has 0 radical (unpaired) electrons. The first-order chi connectivity index (χ1) is 23.8. The van der Waals surface area contributed by atoms with Crippen molar-refractivity contribution >= 4 is 65.9 Å². The molecule has 0 spiro atoms. The van der Waals surface area contributed by atoms with E-state index in [-0.39, 0.29) is 0 Å². The van der Waals surface area contributed by atoms with Gasteiger partial charge in [-0.05, 0) is 82.3 Å². The van der Waals surface area contributed by atoms with Crippen molar-refractivity contribution in [1.82, 2.24) is 19.9 Å². The molecular weight excluding hydrogens is 592 g/mol. The Labute approximate surface area is 273 Å². The second kappa shape index (κ2) is 9.56. The van der Waals surface area contributed by atoms with Gasteiger partial charge in [0.15, 0.2) is 17.5 Å². The molecule has 2 aliphatic carbocycles. The summed E-state index contributed by atoms with van der Waals surface area (Å²) in [6.45, 7) is 0. The molecule has 0 saturated heterocycles. The summed E-state index contributed by atoms with van der Waals surface area (Å²) in [5.41, 5.74) is 10.9. The third-order valence-electron chi connectivity index (χ3n) is 9.82. The van der Waals surface area contributed by atoms with E-state index < -0.39 is 0 Å². The fourth-order valence-corrected chi connectivity index (χ4v) is 7.76. The van der Waals surface area contributed by atoms with Crippen molar-refractivity contribution in [3.8, 4) is 34.2 Å². The maximum atomic E-state index is 6.27. The van der Waals surface area contributed by atoms with Crippen molar-refractivity contribution in [2.24, 2.45) is 0 Å². The van der Waals surface area contributed by atoms with Crippen molar-refractivity contribution in [2.45, 2.75) is 12.8 Å². The summed E-state index contributed by atoms with van der Waals surface area (Å²) in [5.74, 6) is 1.74. The molecule has 4 heterocycles. The number of hydrogen-bond acceptors (Lipinski definition) is 6. The first-order valence-electron chi connectivity index (χ1n) is 16.2. The standard InChI is InChI=1S/C42H24N4O2/c1-2-11-26-25(10-1)27-14-7-9-23-21-24(22-32(26)36(23)27)39-44-40(30-15-8-18-35-37(30)28-12-3-5-16-33(28)47-35)46-41(45-39)31-19-20-43-42-38(31)29-13-4-6-17-34(29)48-42/h2-9,11-22H,1,10H2. The summed E-state index contributed by atoms with van der Waals surface area (Å²) in [7, 11) is 0. The minimum atomic E-state index is 0.551. The molecule has 0 unspecified atom stereocenters. The second-order valence-electron chi connectivity index (χ2n) is 12.5. The van der Waals surface area contributed by atoms with Crippen LogP contribution < -0.4 is 0 Å². The molecular formula is C42H24N4O2. The molecule has 11 rings (SSSR count). The Morgan fingerprint density at radius 1 is 0.542 bits per heavy atom. The molecule has 0 fully saturated rings. The highest BCUT2D eigenvalue weighted by Gasteiger charge is 2.26. The quantitative estimate of drug-likeness (QED) is 0.197. The molecule has 0 aliphatic heterocycles. The van der Waals surface area contributed by atoms with E-state index in [1.807, 2.05) is 54.6 Å². The van der Waals surface area contributed by atoms with Crippen LogP contribution >= 0.6 is 0 Å². The third kappa shape index (κ3) is 3.57. The Morgan fingerprint density at radius 2 is 1.25 bits per heavy atom. The lowest BCUT2D eigenvalue weighted by Gasteiger charge is -2.12. The first-order valence-corrected chi connectivity index (χ1v) is 16.2. The lowest BCUT2D eigenvalue weighted by molar-refractivity contribution is 0.654. The largest absolute Gasteiger partial charge is 0.456 e. The summed E-state index contributed by atoms with van der Waals surface area (Å²) in [6, 6.07) is 35.2. The number of para-hydroxylation sites is 2. The van der Waals surface area contributed by atoms with E-state index in [9.17, 15) is 0 Å². The number of fused-ring (bicyclic) bond motifs is 8. The van der Waals surface area contributed by atoms with Gasteiger partial charge < -0.3 is 8.83 Å². The summed E-state index contributed by atoms with van der Waals surface area (Å²) in [6.07, 6.45) is 8.43. The summed E-state index contributed by atoms with van der Waals surface area (Å²) >= 11 is 0. The van der Waals surface area contributed by atoms with E-state index in [1.54, 1.807) is 6.20 Å². The summed E-state index contributed by atoms with van der Waals surface area (Å²) in [5, 5.41) is 6.34. The van der Waals surface area contributed by atoms with Crippen LogP contribution in [0.5, 0.6) is 0 Å². The van der Waals surface area contributed by atoms with Crippen LogP contribution in [0.3, 0.4) is 0 Å². The minimum Gasteiger partial charge on any atom is -0.456 e. The minimum absolute atomic E-state index is 0.551. The third-order valence-corrected chi connectivity index (χ3v) is 9.82. The average Bonchev–Trinajstić information content (AvgIpc) is 3.82. The number of hydrogen-bond donors (Lipinski definition) is 0. The van der Waals surface area contributed by atoms with Gasteiger partial charge in [0.05, 0.1) is 5.39 Å². The van der Waals surface area contributed by atoms with Gasteiger partial charge in [0.1, 0.15) is 16.7 Å². The number of rotatable bonds is 3. The zero-order valence-electron chi connectivity index (χ0n) is 25.6. The van der Waals surface area contributed by atoms with Gasteiger partial charge in [-0.25, -0.2) is 19.9 Å². The van der Waals surface area contributed by atoms with Crippen molar-refractivity contribution in [1.29, 1.82) is 0 Å². The van der Waals surface area contributed by atoms with Gasteiger partial charge >= 0.3 is 0 Å². The normalized spacial score (nSPS) is 13.9. The molecule has 6 heteroatoms. The van der Waals surface area contributed by atoms with Crippen LogP contribution in [0.4, 0.5) is 0 Å². The molecule has 4 aromatic heterocycles. The molecule has 224 valence electrons. The Bertz CT molecular complexity index is 2780. The van der Waals surface area contributed by atoms with Crippen molar-refractivity contribution in [3.05, 3.63) is 133 Å². The van der Waals surface area contributed by atoms with E-state index in [4.69, 9.17) is 23.8 Å². The van der Waals surface area contributed by atoms with Gasteiger partial charge in [0, 0.05) is 39.0 Å². The van der Waals surface area contributed by atoms with Crippen molar-refractivity contribution in [3.63, 3.8) is 0 Å². The Morgan fingerprint density at radius 3 is 2.12 bits per heavy atom. The fourth-order valence-electron chi connectivity index (χ4n) is 7.76. The first kappa shape index (κ1) is 25.8. The van der Waals surface area contributed by atoms with E-state index >= 15 is 0 Å². The van der Waals surface area contributed by atoms with E-state index in [0.29, 0.717) is 23.2 Å². The van der Waals surface area contributed by atoms with Crippen LogP contribution in [-0.4, -0.2) is 19.9 Å². The van der Waals surface area contributed by atoms with Crippen LogP contribution in [-0.2, 0) is 0 Å². The number of benzene rings is 5. The summed E-state index contributed by atoms with van der Waals surface area (Å²) in [4.78, 5) is 20.2.